The molecule has 6 heteroatoms. The van der Waals surface area contributed by atoms with E-state index in [0.29, 0.717) is 5.15 Å². The fourth-order valence-electron chi connectivity index (χ4n) is 2.32. The lowest BCUT2D eigenvalue weighted by molar-refractivity contribution is 0.832. The van der Waals surface area contributed by atoms with Crippen LogP contribution in [-0.4, -0.2) is 4.98 Å². The van der Waals surface area contributed by atoms with Gasteiger partial charge in [0, 0.05) is 28.4 Å². The van der Waals surface area contributed by atoms with Gasteiger partial charge in [-0.1, -0.05) is 17.7 Å². The lowest BCUT2D eigenvalue weighted by Crippen LogP contribution is -2.03. The third kappa shape index (κ3) is 2.92. The summed E-state index contributed by atoms with van der Waals surface area (Å²) in [5.41, 5.74) is 9.16. The Balaban J connectivity index is 2.02. The molecule has 0 amide bonds. The number of hydrogen-bond acceptors (Lipinski definition) is 5. The second kappa shape index (κ2) is 5.93. The average molecular weight is 338 g/mol. The third-order valence-electron chi connectivity index (χ3n) is 3.33. The van der Waals surface area contributed by atoms with E-state index in [2.05, 4.69) is 34.7 Å². The number of rotatable bonds is 4. The van der Waals surface area contributed by atoms with E-state index in [1.54, 1.807) is 22.7 Å². The minimum atomic E-state index is 0.00752. The molecule has 3 nitrogen and oxygen atoms in total. The summed E-state index contributed by atoms with van der Waals surface area (Å²) in [5, 5.41) is 6.05. The summed E-state index contributed by atoms with van der Waals surface area (Å²) in [7, 11) is 0. The maximum Gasteiger partial charge on any atom is 0.131 e. The van der Waals surface area contributed by atoms with Crippen LogP contribution in [0.1, 0.15) is 28.3 Å². The number of pyridine rings is 1. The number of thiophene rings is 2. The quantitative estimate of drug-likeness (QED) is 0.662. The first-order chi connectivity index (χ1) is 10.1. The van der Waals surface area contributed by atoms with Crippen LogP contribution in [0.2, 0.25) is 5.15 Å². The van der Waals surface area contributed by atoms with Crippen LogP contribution in [-0.2, 0) is 6.54 Å². The molecule has 3 heterocycles. The molecule has 0 radical (unpaired) electrons. The highest BCUT2D eigenvalue weighted by molar-refractivity contribution is 7.20. The van der Waals surface area contributed by atoms with Gasteiger partial charge in [-0.25, -0.2) is 4.98 Å². The number of nitrogens with one attached hydrogen (secondary N) is 1. The van der Waals surface area contributed by atoms with E-state index in [1.165, 1.54) is 9.75 Å². The summed E-state index contributed by atoms with van der Waals surface area (Å²) in [4.78, 5) is 6.92. The number of anilines is 1. The van der Waals surface area contributed by atoms with Gasteiger partial charge in [0.2, 0.25) is 0 Å². The molecule has 0 unspecified atom stereocenters. The maximum atomic E-state index is 6.17. The SMILES string of the molecule is Cc1c([C@@H](C)N)sc2c(NCc3cccs3)cc(Cl)nc12. The highest BCUT2D eigenvalue weighted by Gasteiger charge is 2.16. The van der Waals surface area contributed by atoms with E-state index in [-0.39, 0.29) is 6.04 Å². The first-order valence-electron chi connectivity index (χ1n) is 6.67. The smallest absolute Gasteiger partial charge is 0.131 e. The Labute approximate surface area is 136 Å². The van der Waals surface area contributed by atoms with E-state index in [4.69, 9.17) is 17.3 Å². The first kappa shape index (κ1) is 14.8. The molecule has 0 aromatic carbocycles. The Morgan fingerprint density at radius 3 is 2.95 bits per heavy atom. The molecule has 110 valence electrons. The zero-order valence-electron chi connectivity index (χ0n) is 11.8. The standard InChI is InChI=1S/C15H16ClN3S2/c1-8-13-15(21-14(8)9(2)17)11(6-12(16)19-13)18-7-10-4-3-5-20-10/h3-6,9H,7,17H2,1-2H3,(H,18,19)/t9-/m1/s1. The van der Waals surface area contributed by atoms with Crippen LogP contribution in [0.3, 0.4) is 0 Å². The molecule has 0 aliphatic carbocycles. The summed E-state index contributed by atoms with van der Waals surface area (Å²) in [5.74, 6) is 0. The summed E-state index contributed by atoms with van der Waals surface area (Å²) < 4.78 is 1.13. The van der Waals surface area contributed by atoms with Gasteiger partial charge in [0.05, 0.1) is 15.9 Å². The zero-order valence-corrected chi connectivity index (χ0v) is 14.2. The first-order valence-corrected chi connectivity index (χ1v) is 8.75. The molecule has 3 N–H and O–H groups in total. The van der Waals surface area contributed by atoms with Gasteiger partial charge in [-0.15, -0.1) is 22.7 Å². The van der Waals surface area contributed by atoms with Gasteiger partial charge < -0.3 is 11.1 Å². The lowest BCUT2D eigenvalue weighted by atomic mass is 10.1. The van der Waals surface area contributed by atoms with Crippen molar-refractivity contribution >= 4 is 50.2 Å². The van der Waals surface area contributed by atoms with Gasteiger partial charge in [0.25, 0.3) is 0 Å². The number of nitrogens with zero attached hydrogens (tertiary/aromatic N) is 1. The fourth-order valence-corrected chi connectivity index (χ4v) is 4.35. The van der Waals surface area contributed by atoms with Crippen molar-refractivity contribution in [1.82, 2.24) is 4.98 Å². The van der Waals surface area contributed by atoms with Crippen molar-refractivity contribution < 1.29 is 0 Å². The van der Waals surface area contributed by atoms with Crippen LogP contribution in [0.15, 0.2) is 23.6 Å². The molecule has 0 fully saturated rings. The Kier molecular flexibility index (Phi) is 4.17. The molecule has 0 aliphatic rings. The molecular formula is C15H16ClN3S2. The molecule has 0 saturated heterocycles. The van der Waals surface area contributed by atoms with Crippen molar-refractivity contribution in [3.8, 4) is 0 Å². The third-order valence-corrected chi connectivity index (χ3v) is 5.91. The molecule has 3 aromatic heterocycles. The van der Waals surface area contributed by atoms with Crippen molar-refractivity contribution in [2.75, 3.05) is 5.32 Å². The van der Waals surface area contributed by atoms with E-state index in [9.17, 15) is 0 Å². The van der Waals surface area contributed by atoms with Crippen LogP contribution < -0.4 is 11.1 Å². The monoisotopic (exact) mass is 337 g/mol. The molecule has 3 aromatic rings. The number of nitrogens with two attached hydrogens (primary N) is 1. The number of hydrogen-bond donors (Lipinski definition) is 2. The van der Waals surface area contributed by atoms with E-state index < -0.39 is 0 Å². The zero-order chi connectivity index (χ0) is 15.0. The predicted octanol–water partition coefficient (Wildman–Crippen LogP) is 4.95. The Bertz CT molecular complexity index is 763. The Hall–Kier alpha value is -1.14. The van der Waals surface area contributed by atoms with Gasteiger partial charge in [-0.2, -0.15) is 0 Å². The van der Waals surface area contributed by atoms with Crippen molar-refractivity contribution in [1.29, 1.82) is 0 Å². The van der Waals surface area contributed by atoms with Gasteiger partial charge in [0.1, 0.15) is 5.15 Å². The summed E-state index contributed by atoms with van der Waals surface area (Å²) in [6.07, 6.45) is 0. The minimum Gasteiger partial charge on any atom is -0.379 e. The Morgan fingerprint density at radius 2 is 2.29 bits per heavy atom. The van der Waals surface area contributed by atoms with Gasteiger partial charge in [-0.3, -0.25) is 0 Å². The lowest BCUT2D eigenvalue weighted by Gasteiger charge is -2.06. The highest BCUT2D eigenvalue weighted by atomic mass is 35.5. The van der Waals surface area contributed by atoms with Crippen molar-refractivity contribution in [3.63, 3.8) is 0 Å². The van der Waals surface area contributed by atoms with Crippen LogP contribution in [0.5, 0.6) is 0 Å². The van der Waals surface area contributed by atoms with Crippen LogP contribution in [0.25, 0.3) is 10.2 Å². The van der Waals surface area contributed by atoms with Crippen molar-refractivity contribution in [3.05, 3.63) is 44.1 Å². The van der Waals surface area contributed by atoms with Crippen molar-refractivity contribution in [2.45, 2.75) is 26.4 Å². The van der Waals surface area contributed by atoms with Crippen LogP contribution in [0.4, 0.5) is 5.69 Å². The average Bonchev–Trinajstić information content (AvgIpc) is 3.05. The topological polar surface area (TPSA) is 50.9 Å². The largest absolute Gasteiger partial charge is 0.379 e. The van der Waals surface area contributed by atoms with E-state index in [1.807, 2.05) is 13.0 Å². The molecule has 0 bridgehead atoms. The van der Waals surface area contributed by atoms with Crippen LogP contribution in [0, 0.1) is 6.92 Å². The molecular weight excluding hydrogens is 322 g/mol. The van der Waals surface area contributed by atoms with E-state index >= 15 is 0 Å². The fraction of sp³-hybridized carbons (Fsp3) is 0.267. The second-order valence-electron chi connectivity index (χ2n) is 4.98. The number of aromatic nitrogens is 1. The summed E-state index contributed by atoms with van der Waals surface area (Å²) >= 11 is 9.61. The van der Waals surface area contributed by atoms with E-state index in [0.717, 1.165) is 28.0 Å². The molecule has 0 aliphatic heterocycles. The summed E-state index contributed by atoms with van der Waals surface area (Å²) in [6.45, 7) is 4.85. The van der Waals surface area contributed by atoms with Gasteiger partial charge in [0.15, 0.2) is 0 Å². The second-order valence-corrected chi connectivity index (χ2v) is 7.45. The maximum absolute atomic E-state index is 6.17. The molecule has 21 heavy (non-hydrogen) atoms. The molecule has 0 spiro atoms. The van der Waals surface area contributed by atoms with Gasteiger partial charge in [-0.05, 0) is 30.9 Å². The highest BCUT2D eigenvalue weighted by Crippen LogP contribution is 2.38. The summed E-state index contributed by atoms with van der Waals surface area (Å²) in [6, 6.07) is 6.07. The van der Waals surface area contributed by atoms with Gasteiger partial charge >= 0.3 is 0 Å². The van der Waals surface area contributed by atoms with Crippen LogP contribution >= 0.6 is 34.3 Å². The molecule has 3 rings (SSSR count). The minimum absolute atomic E-state index is 0.00752. The predicted molar refractivity (Wildman–Crippen MR) is 93.6 cm³/mol. The number of halogens is 1. The molecule has 0 saturated carbocycles. The normalized spacial score (nSPS) is 12.8. The molecule has 1 atom stereocenters. The Morgan fingerprint density at radius 1 is 1.48 bits per heavy atom. The number of fused-ring (bicyclic) bond motifs is 1. The van der Waals surface area contributed by atoms with Crippen molar-refractivity contribution in [2.24, 2.45) is 5.73 Å². The number of aryl methyl sites for hydroxylation is 1.